The van der Waals surface area contributed by atoms with Crippen molar-refractivity contribution in [1.29, 1.82) is 0 Å². The molecule has 2 fully saturated rings. The van der Waals surface area contributed by atoms with Crippen molar-refractivity contribution in [3.63, 3.8) is 0 Å². The van der Waals surface area contributed by atoms with Gasteiger partial charge in [0.1, 0.15) is 0 Å². The van der Waals surface area contributed by atoms with E-state index < -0.39 is 0 Å². The van der Waals surface area contributed by atoms with Crippen LogP contribution in [0.25, 0.3) is 0 Å². The molecule has 14 heavy (non-hydrogen) atoms. The Morgan fingerprint density at radius 2 is 2.14 bits per heavy atom. The largest absolute Gasteiger partial charge is 0.380 e. The summed E-state index contributed by atoms with van der Waals surface area (Å²) in [6, 6.07) is 0.828. The maximum Gasteiger partial charge on any atom is 0.0593 e. The lowest BCUT2D eigenvalue weighted by Gasteiger charge is -2.28. The molecule has 82 valence electrons. The highest BCUT2D eigenvalue weighted by Crippen LogP contribution is 2.25. The molecule has 2 aliphatic rings. The van der Waals surface area contributed by atoms with Crippen molar-refractivity contribution in [2.75, 3.05) is 26.3 Å². The predicted molar refractivity (Wildman–Crippen MR) is 58.4 cm³/mol. The molecule has 2 unspecified atom stereocenters. The highest BCUT2D eigenvalue weighted by molar-refractivity contribution is 4.80. The first-order valence-electron chi connectivity index (χ1n) is 6.22. The number of ether oxygens (including phenoxy) is 1. The van der Waals surface area contributed by atoms with Gasteiger partial charge in [-0.2, -0.15) is 0 Å². The van der Waals surface area contributed by atoms with E-state index >= 15 is 0 Å². The molecule has 2 heteroatoms. The molecule has 2 saturated heterocycles. The Morgan fingerprint density at radius 1 is 1.21 bits per heavy atom. The molecular formula is C12H23NO. The van der Waals surface area contributed by atoms with Crippen LogP contribution in [0.4, 0.5) is 0 Å². The summed E-state index contributed by atoms with van der Waals surface area (Å²) < 4.78 is 5.55. The van der Waals surface area contributed by atoms with Crippen LogP contribution in [0.2, 0.25) is 0 Å². The third-order valence-electron chi connectivity index (χ3n) is 3.85. The molecule has 0 aliphatic carbocycles. The molecule has 0 saturated carbocycles. The zero-order valence-electron chi connectivity index (χ0n) is 9.37. The van der Waals surface area contributed by atoms with E-state index in [9.17, 15) is 0 Å². The van der Waals surface area contributed by atoms with Gasteiger partial charge in [-0.05, 0) is 25.2 Å². The van der Waals surface area contributed by atoms with Gasteiger partial charge in [0.05, 0.1) is 6.61 Å². The second kappa shape index (κ2) is 5.13. The van der Waals surface area contributed by atoms with Crippen molar-refractivity contribution in [1.82, 2.24) is 4.90 Å². The molecule has 0 N–H and O–H groups in total. The van der Waals surface area contributed by atoms with Gasteiger partial charge in [-0.25, -0.2) is 0 Å². The van der Waals surface area contributed by atoms with Gasteiger partial charge < -0.3 is 4.74 Å². The van der Waals surface area contributed by atoms with Gasteiger partial charge in [-0.15, -0.1) is 0 Å². The van der Waals surface area contributed by atoms with Gasteiger partial charge in [0.2, 0.25) is 0 Å². The number of fused-ring (bicyclic) bond motifs is 1. The lowest BCUT2D eigenvalue weighted by atomic mass is 10.0. The smallest absolute Gasteiger partial charge is 0.0593 e. The molecule has 0 amide bonds. The third-order valence-corrected chi connectivity index (χ3v) is 3.85. The van der Waals surface area contributed by atoms with E-state index in [1.54, 1.807) is 0 Å². The minimum Gasteiger partial charge on any atom is -0.380 e. The molecule has 2 atom stereocenters. The van der Waals surface area contributed by atoms with Gasteiger partial charge in [0.15, 0.2) is 0 Å². The fraction of sp³-hybridized carbons (Fsp3) is 1.00. The van der Waals surface area contributed by atoms with Crippen molar-refractivity contribution in [2.45, 2.75) is 45.1 Å². The van der Waals surface area contributed by atoms with Crippen LogP contribution >= 0.6 is 0 Å². The van der Waals surface area contributed by atoms with Crippen LogP contribution in [0.3, 0.4) is 0 Å². The maximum absolute atomic E-state index is 5.55. The molecule has 0 spiro atoms. The minimum absolute atomic E-state index is 0.828. The Hall–Kier alpha value is -0.0800. The van der Waals surface area contributed by atoms with Crippen LogP contribution in [0.1, 0.15) is 39.0 Å². The van der Waals surface area contributed by atoms with E-state index in [1.165, 1.54) is 45.2 Å². The van der Waals surface area contributed by atoms with Crippen LogP contribution < -0.4 is 0 Å². The van der Waals surface area contributed by atoms with E-state index in [0.717, 1.165) is 25.2 Å². The second-order valence-corrected chi connectivity index (χ2v) is 4.75. The normalized spacial score (nSPS) is 35.8. The maximum atomic E-state index is 5.55. The summed E-state index contributed by atoms with van der Waals surface area (Å²) in [5.41, 5.74) is 0. The van der Waals surface area contributed by atoms with Crippen LogP contribution in [-0.2, 0) is 4.74 Å². The summed E-state index contributed by atoms with van der Waals surface area (Å²) in [5.74, 6) is 0.943. The van der Waals surface area contributed by atoms with E-state index in [2.05, 4.69) is 11.8 Å². The van der Waals surface area contributed by atoms with Crippen LogP contribution in [0.15, 0.2) is 0 Å². The molecule has 2 nitrogen and oxygen atoms in total. The molecule has 2 heterocycles. The topological polar surface area (TPSA) is 12.5 Å². The first-order chi connectivity index (χ1) is 6.90. The van der Waals surface area contributed by atoms with E-state index in [1.807, 2.05) is 0 Å². The summed E-state index contributed by atoms with van der Waals surface area (Å²) in [5, 5.41) is 0. The van der Waals surface area contributed by atoms with Crippen LogP contribution in [0.5, 0.6) is 0 Å². The number of rotatable bonds is 1. The van der Waals surface area contributed by atoms with Crippen molar-refractivity contribution in [2.24, 2.45) is 5.92 Å². The Kier molecular flexibility index (Phi) is 3.82. The Bertz CT molecular complexity index is 172. The average Bonchev–Trinajstić information content (AvgIpc) is 2.50. The Balaban J connectivity index is 1.96. The standard InChI is InChI=1S/C12H23NO/c1-2-11-4-3-5-12-6-8-14-9-7-13(12)10-11/h11-12H,2-10H2,1H3. The average molecular weight is 197 g/mol. The summed E-state index contributed by atoms with van der Waals surface area (Å²) in [6.07, 6.45) is 6.89. The molecule has 2 aliphatic heterocycles. The number of hydrogen-bond acceptors (Lipinski definition) is 2. The van der Waals surface area contributed by atoms with Crippen molar-refractivity contribution < 1.29 is 4.74 Å². The van der Waals surface area contributed by atoms with Crippen molar-refractivity contribution in [3.05, 3.63) is 0 Å². The number of hydrogen-bond donors (Lipinski definition) is 0. The molecule has 0 bridgehead atoms. The Morgan fingerprint density at radius 3 is 3.00 bits per heavy atom. The molecule has 0 aromatic rings. The monoisotopic (exact) mass is 197 g/mol. The fourth-order valence-corrected chi connectivity index (χ4v) is 2.83. The fourth-order valence-electron chi connectivity index (χ4n) is 2.83. The molecule has 2 rings (SSSR count). The molecular weight excluding hydrogens is 174 g/mol. The van der Waals surface area contributed by atoms with Gasteiger partial charge in [-0.3, -0.25) is 4.90 Å². The van der Waals surface area contributed by atoms with Crippen molar-refractivity contribution >= 4 is 0 Å². The second-order valence-electron chi connectivity index (χ2n) is 4.75. The summed E-state index contributed by atoms with van der Waals surface area (Å²) >= 11 is 0. The Labute approximate surface area is 87.6 Å². The van der Waals surface area contributed by atoms with Gasteiger partial charge in [0, 0.05) is 25.7 Å². The predicted octanol–water partition coefficient (Wildman–Crippen LogP) is 2.29. The van der Waals surface area contributed by atoms with Gasteiger partial charge in [-0.1, -0.05) is 19.8 Å². The molecule has 0 aromatic carbocycles. The molecule has 0 aromatic heterocycles. The van der Waals surface area contributed by atoms with E-state index in [0.29, 0.717) is 0 Å². The van der Waals surface area contributed by atoms with Gasteiger partial charge >= 0.3 is 0 Å². The SMILES string of the molecule is CCC1CCCC2CCOCCN2C1. The number of nitrogens with zero attached hydrogens (tertiary/aromatic N) is 1. The highest BCUT2D eigenvalue weighted by Gasteiger charge is 2.26. The third kappa shape index (κ3) is 2.48. The summed E-state index contributed by atoms with van der Waals surface area (Å²) in [7, 11) is 0. The summed E-state index contributed by atoms with van der Waals surface area (Å²) in [4.78, 5) is 2.69. The summed E-state index contributed by atoms with van der Waals surface area (Å²) in [6.45, 7) is 6.76. The quantitative estimate of drug-likeness (QED) is 0.639. The van der Waals surface area contributed by atoms with E-state index in [-0.39, 0.29) is 0 Å². The first kappa shape index (κ1) is 10.4. The highest BCUT2D eigenvalue weighted by atomic mass is 16.5. The zero-order chi connectivity index (χ0) is 9.80. The minimum atomic E-state index is 0.828. The van der Waals surface area contributed by atoms with E-state index in [4.69, 9.17) is 4.74 Å². The first-order valence-corrected chi connectivity index (χ1v) is 6.22. The van der Waals surface area contributed by atoms with Crippen molar-refractivity contribution in [3.8, 4) is 0 Å². The molecule has 0 radical (unpaired) electrons. The lowest BCUT2D eigenvalue weighted by Crippen LogP contribution is -2.37. The lowest BCUT2D eigenvalue weighted by molar-refractivity contribution is 0.136. The zero-order valence-corrected chi connectivity index (χ0v) is 9.37. The van der Waals surface area contributed by atoms with Crippen LogP contribution in [0, 0.1) is 5.92 Å². The van der Waals surface area contributed by atoms with Crippen LogP contribution in [-0.4, -0.2) is 37.2 Å². The van der Waals surface area contributed by atoms with Gasteiger partial charge in [0.25, 0.3) is 0 Å².